The van der Waals surface area contributed by atoms with Crippen LogP contribution in [0.4, 0.5) is 10.2 Å². The Morgan fingerprint density at radius 3 is 2.89 bits per heavy atom. The molecule has 0 saturated heterocycles. The van der Waals surface area contributed by atoms with Crippen molar-refractivity contribution in [3.8, 4) is 11.3 Å². The van der Waals surface area contributed by atoms with Crippen molar-refractivity contribution in [2.24, 2.45) is 0 Å². The predicted octanol–water partition coefficient (Wildman–Crippen LogP) is 1.87. The van der Waals surface area contributed by atoms with Crippen LogP contribution in [0.1, 0.15) is 5.82 Å². The van der Waals surface area contributed by atoms with Crippen molar-refractivity contribution in [3.05, 3.63) is 36.2 Å². The molecule has 0 unspecified atom stereocenters. The maximum absolute atomic E-state index is 13.7. The monoisotopic (exact) mass is 248 g/mol. The van der Waals surface area contributed by atoms with E-state index in [1.807, 2.05) is 0 Å². The molecule has 5 nitrogen and oxygen atoms in total. The number of hydrogen-bond donors (Lipinski definition) is 1. The Morgan fingerprint density at radius 2 is 2.22 bits per heavy atom. The van der Waals surface area contributed by atoms with Crippen LogP contribution in [0, 0.1) is 5.82 Å². The molecule has 94 valence electrons. The van der Waals surface area contributed by atoms with Gasteiger partial charge in [-0.3, -0.25) is 4.98 Å². The minimum absolute atomic E-state index is 0.273. The third-order valence-electron chi connectivity index (χ3n) is 2.35. The van der Waals surface area contributed by atoms with Crippen molar-refractivity contribution >= 4 is 5.82 Å². The van der Waals surface area contributed by atoms with Crippen LogP contribution in [-0.2, 0) is 11.3 Å². The Balaban J connectivity index is 2.50. The number of aromatic nitrogens is 3. The van der Waals surface area contributed by atoms with E-state index in [1.54, 1.807) is 26.3 Å². The highest BCUT2D eigenvalue weighted by Crippen LogP contribution is 2.22. The molecule has 2 heterocycles. The Morgan fingerprint density at radius 1 is 1.39 bits per heavy atom. The fraction of sp³-hybridized carbons (Fsp3) is 0.250. The lowest BCUT2D eigenvalue weighted by Gasteiger charge is -2.07. The average Bonchev–Trinajstić information content (AvgIpc) is 2.39. The molecule has 0 spiro atoms. The van der Waals surface area contributed by atoms with Crippen LogP contribution < -0.4 is 5.32 Å². The standard InChI is InChI=1S/C12H13FN4O/c1-14-11-5-10(16-12(17-11)7-18-2)8-3-4-15-6-9(8)13/h3-6H,7H2,1-2H3,(H,14,16,17). The van der Waals surface area contributed by atoms with Gasteiger partial charge in [-0.15, -0.1) is 0 Å². The van der Waals surface area contributed by atoms with Crippen molar-refractivity contribution in [3.63, 3.8) is 0 Å². The summed E-state index contributed by atoms with van der Waals surface area (Å²) in [6.45, 7) is 0.273. The van der Waals surface area contributed by atoms with E-state index in [1.165, 1.54) is 6.20 Å². The summed E-state index contributed by atoms with van der Waals surface area (Å²) < 4.78 is 18.6. The predicted molar refractivity (Wildman–Crippen MR) is 65.5 cm³/mol. The fourth-order valence-corrected chi connectivity index (χ4v) is 1.54. The van der Waals surface area contributed by atoms with Gasteiger partial charge in [0.1, 0.15) is 12.4 Å². The summed E-state index contributed by atoms with van der Waals surface area (Å²) in [5, 5.41) is 2.91. The molecule has 6 heteroatoms. The minimum Gasteiger partial charge on any atom is -0.377 e. The summed E-state index contributed by atoms with van der Waals surface area (Å²) >= 11 is 0. The molecular formula is C12H13FN4O. The Kier molecular flexibility index (Phi) is 3.78. The zero-order valence-corrected chi connectivity index (χ0v) is 10.1. The minimum atomic E-state index is -0.415. The maximum Gasteiger partial charge on any atom is 0.157 e. The van der Waals surface area contributed by atoms with E-state index in [0.717, 1.165) is 6.20 Å². The van der Waals surface area contributed by atoms with Crippen LogP contribution in [-0.4, -0.2) is 29.1 Å². The van der Waals surface area contributed by atoms with Crippen LogP contribution in [0.2, 0.25) is 0 Å². The van der Waals surface area contributed by atoms with Crippen molar-refractivity contribution < 1.29 is 9.13 Å². The quantitative estimate of drug-likeness (QED) is 0.895. The number of hydrogen-bond acceptors (Lipinski definition) is 5. The second kappa shape index (κ2) is 5.50. The van der Waals surface area contributed by atoms with Gasteiger partial charge in [-0.1, -0.05) is 0 Å². The SMILES string of the molecule is CNc1cc(-c2ccncc2F)nc(COC)n1. The smallest absolute Gasteiger partial charge is 0.157 e. The first-order valence-corrected chi connectivity index (χ1v) is 5.39. The summed E-state index contributed by atoms with van der Waals surface area (Å²) in [6.07, 6.45) is 2.68. The highest BCUT2D eigenvalue weighted by Gasteiger charge is 2.09. The highest BCUT2D eigenvalue weighted by atomic mass is 19.1. The number of rotatable bonds is 4. The van der Waals surface area contributed by atoms with E-state index in [9.17, 15) is 4.39 Å². The molecule has 1 N–H and O–H groups in total. The third-order valence-corrected chi connectivity index (χ3v) is 2.35. The number of methoxy groups -OCH3 is 1. The molecule has 0 saturated carbocycles. The number of nitrogens with zero attached hydrogens (tertiary/aromatic N) is 3. The lowest BCUT2D eigenvalue weighted by Crippen LogP contribution is -2.03. The van der Waals surface area contributed by atoms with Gasteiger partial charge in [0.25, 0.3) is 0 Å². The van der Waals surface area contributed by atoms with Gasteiger partial charge < -0.3 is 10.1 Å². The van der Waals surface area contributed by atoms with Gasteiger partial charge in [0.05, 0.1) is 11.9 Å². The molecule has 2 aromatic heterocycles. The third kappa shape index (κ3) is 2.60. The van der Waals surface area contributed by atoms with E-state index >= 15 is 0 Å². The van der Waals surface area contributed by atoms with Crippen molar-refractivity contribution in [2.45, 2.75) is 6.61 Å². The lowest BCUT2D eigenvalue weighted by molar-refractivity contribution is 0.178. The maximum atomic E-state index is 13.7. The summed E-state index contributed by atoms with van der Waals surface area (Å²) in [7, 11) is 3.30. The van der Waals surface area contributed by atoms with Crippen LogP contribution in [0.25, 0.3) is 11.3 Å². The fourth-order valence-electron chi connectivity index (χ4n) is 1.54. The molecule has 0 aliphatic carbocycles. The number of halogens is 1. The van der Waals surface area contributed by atoms with Crippen LogP contribution in [0.15, 0.2) is 24.5 Å². The van der Waals surface area contributed by atoms with Crippen molar-refractivity contribution in [1.29, 1.82) is 0 Å². The first-order chi connectivity index (χ1) is 8.74. The van der Waals surface area contributed by atoms with Gasteiger partial charge in [0, 0.05) is 32.0 Å². The van der Waals surface area contributed by atoms with E-state index < -0.39 is 5.82 Å². The second-order valence-corrected chi connectivity index (χ2v) is 3.59. The summed E-state index contributed by atoms with van der Waals surface area (Å²) in [6, 6.07) is 3.26. The van der Waals surface area contributed by atoms with Crippen LogP contribution in [0.3, 0.4) is 0 Å². The van der Waals surface area contributed by atoms with Gasteiger partial charge in [0.15, 0.2) is 11.6 Å². The molecule has 0 radical (unpaired) electrons. The first-order valence-electron chi connectivity index (χ1n) is 5.39. The average molecular weight is 248 g/mol. The van der Waals surface area contributed by atoms with Gasteiger partial charge in [-0.05, 0) is 6.07 Å². The van der Waals surface area contributed by atoms with Crippen molar-refractivity contribution in [1.82, 2.24) is 15.0 Å². The lowest BCUT2D eigenvalue weighted by atomic mass is 10.2. The topological polar surface area (TPSA) is 59.9 Å². The summed E-state index contributed by atoms with van der Waals surface area (Å²) in [4.78, 5) is 12.2. The number of nitrogens with one attached hydrogen (secondary N) is 1. The van der Waals surface area contributed by atoms with Crippen molar-refractivity contribution in [2.75, 3.05) is 19.5 Å². The molecule has 0 aromatic carbocycles. The second-order valence-electron chi connectivity index (χ2n) is 3.59. The summed E-state index contributed by atoms with van der Waals surface area (Å²) in [5.74, 6) is 0.695. The Hall–Kier alpha value is -2.08. The van der Waals surface area contributed by atoms with Crippen LogP contribution >= 0.6 is 0 Å². The summed E-state index contributed by atoms with van der Waals surface area (Å²) in [5.41, 5.74) is 0.891. The number of ether oxygens (including phenoxy) is 1. The molecule has 2 aromatic rings. The van der Waals surface area contributed by atoms with Gasteiger partial charge in [-0.2, -0.15) is 0 Å². The van der Waals surface area contributed by atoms with E-state index in [2.05, 4.69) is 20.3 Å². The van der Waals surface area contributed by atoms with Crippen LogP contribution in [0.5, 0.6) is 0 Å². The van der Waals surface area contributed by atoms with Gasteiger partial charge in [-0.25, -0.2) is 14.4 Å². The Bertz CT molecular complexity index is 547. The van der Waals surface area contributed by atoms with E-state index in [-0.39, 0.29) is 6.61 Å². The molecule has 0 atom stereocenters. The first kappa shape index (κ1) is 12.4. The molecule has 0 aliphatic rings. The zero-order chi connectivity index (χ0) is 13.0. The molecular weight excluding hydrogens is 235 g/mol. The number of pyridine rings is 1. The van der Waals surface area contributed by atoms with Gasteiger partial charge >= 0.3 is 0 Å². The van der Waals surface area contributed by atoms with E-state index in [0.29, 0.717) is 22.9 Å². The largest absolute Gasteiger partial charge is 0.377 e. The number of anilines is 1. The molecule has 0 amide bonds. The van der Waals surface area contributed by atoms with Gasteiger partial charge in [0.2, 0.25) is 0 Å². The molecule has 18 heavy (non-hydrogen) atoms. The zero-order valence-electron chi connectivity index (χ0n) is 10.1. The molecule has 2 rings (SSSR count). The van der Waals surface area contributed by atoms with E-state index in [4.69, 9.17) is 4.74 Å². The molecule has 0 aliphatic heterocycles. The molecule has 0 bridgehead atoms. The normalized spacial score (nSPS) is 10.4. The highest BCUT2D eigenvalue weighted by molar-refractivity contribution is 5.62. The Labute approximate surface area is 104 Å². The molecule has 0 fully saturated rings.